The van der Waals surface area contributed by atoms with E-state index >= 15 is 0 Å². The topological polar surface area (TPSA) is 56.7 Å². The summed E-state index contributed by atoms with van der Waals surface area (Å²) in [6, 6.07) is 0. The number of hydrogen-bond acceptors (Lipinski definition) is 3. The van der Waals surface area contributed by atoms with Crippen molar-refractivity contribution in [1.82, 2.24) is 5.32 Å². The molecule has 3 rings (SSSR count). The zero-order valence-electron chi connectivity index (χ0n) is 9.21. The molecule has 0 saturated heterocycles. The number of anilines is 1. The zero-order valence-corrected chi connectivity index (χ0v) is 10.0. The molecule has 0 bridgehead atoms. The van der Waals surface area contributed by atoms with Crippen LogP contribution in [0.15, 0.2) is 4.99 Å². The highest BCUT2D eigenvalue weighted by Crippen LogP contribution is 2.42. The van der Waals surface area contributed by atoms with Gasteiger partial charge >= 0.3 is 0 Å². The van der Waals surface area contributed by atoms with Crippen LogP contribution in [-0.2, 0) is 12.8 Å². The Morgan fingerprint density at radius 3 is 3.00 bits per heavy atom. The van der Waals surface area contributed by atoms with Gasteiger partial charge in [0, 0.05) is 17.5 Å². The van der Waals surface area contributed by atoms with Crippen molar-refractivity contribution < 1.29 is 5.11 Å². The molecule has 1 atom stereocenters. The average molecular weight is 237 g/mol. The standard InChI is InChI=1S/C11H15N3OS/c1-12-11-13-9(15)8-6-4-2-3-5-7(6)16-10(8)14-11/h9,15H,2-5H2,1H3,(H2,12,13,14). The van der Waals surface area contributed by atoms with E-state index in [2.05, 4.69) is 15.6 Å². The monoisotopic (exact) mass is 237 g/mol. The molecular weight excluding hydrogens is 222 g/mol. The quantitative estimate of drug-likeness (QED) is 0.642. The van der Waals surface area contributed by atoms with Crippen LogP contribution in [-0.4, -0.2) is 18.1 Å². The summed E-state index contributed by atoms with van der Waals surface area (Å²) >= 11 is 1.77. The molecule has 0 radical (unpaired) electrons. The van der Waals surface area contributed by atoms with E-state index in [9.17, 15) is 5.11 Å². The van der Waals surface area contributed by atoms with Gasteiger partial charge in [-0.25, -0.2) is 0 Å². The number of nitrogens with zero attached hydrogens (tertiary/aromatic N) is 1. The fourth-order valence-electron chi connectivity index (χ4n) is 2.44. The molecule has 1 aromatic rings. The first-order valence-corrected chi connectivity index (χ1v) is 6.44. The number of hydrogen-bond donors (Lipinski definition) is 3. The van der Waals surface area contributed by atoms with Gasteiger partial charge in [0.25, 0.3) is 0 Å². The van der Waals surface area contributed by atoms with Crippen LogP contribution in [0.5, 0.6) is 0 Å². The largest absolute Gasteiger partial charge is 0.369 e. The number of rotatable bonds is 0. The molecule has 2 heterocycles. The van der Waals surface area contributed by atoms with Gasteiger partial charge in [0.1, 0.15) is 5.00 Å². The molecule has 86 valence electrons. The summed E-state index contributed by atoms with van der Waals surface area (Å²) < 4.78 is 0. The van der Waals surface area contributed by atoms with E-state index in [4.69, 9.17) is 0 Å². The van der Waals surface area contributed by atoms with Gasteiger partial charge in [-0.3, -0.25) is 4.99 Å². The summed E-state index contributed by atoms with van der Waals surface area (Å²) in [5, 5.41) is 17.3. The fraction of sp³-hybridized carbons (Fsp3) is 0.545. The summed E-state index contributed by atoms with van der Waals surface area (Å²) in [5.74, 6) is 0.651. The lowest BCUT2D eigenvalue weighted by molar-refractivity contribution is 0.160. The summed E-state index contributed by atoms with van der Waals surface area (Å²) in [7, 11) is 1.71. The third-order valence-corrected chi connectivity index (χ3v) is 4.44. The van der Waals surface area contributed by atoms with Crippen LogP contribution in [0.3, 0.4) is 0 Å². The first-order valence-electron chi connectivity index (χ1n) is 5.62. The van der Waals surface area contributed by atoms with Gasteiger partial charge in [-0.05, 0) is 31.2 Å². The van der Waals surface area contributed by atoms with Crippen molar-refractivity contribution in [3.8, 4) is 0 Å². The Labute approximate surface area is 98.4 Å². The molecule has 1 unspecified atom stereocenters. The maximum atomic E-state index is 10.1. The second kappa shape index (κ2) is 3.75. The van der Waals surface area contributed by atoms with Crippen molar-refractivity contribution in [3.05, 3.63) is 16.0 Å². The zero-order chi connectivity index (χ0) is 11.1. The Balaban J connectivity index is 2.08. The van der Waals surface area contributed by atoms with Gasteiger partial charge in [0.05, 0.1) is 0 Å². The van der Waals surface area contributed by atoms with Crippen molar-refractivity contribution >= 4 is 22.3 Å². The minimum Gasteiger partial charge on any atom is -0.369 e. The van der Waals surface area contributed by atoms with Gasteiger partial charge in [-0.1, -0.05) is 0 Å². The maximum Gasteiger partial charge on any atom is 0.198 e. The van der Waals surface area contributed by atoms with Crippen LogP contribution in [0.25, 0.3) is 0 Å². The van der Waals surface area contributed by atoms with Gasteiger partial charge in [0.15, 0.2) is 12.2 Å². The molecule has 3 N–H and O–H groups in total. The molecule has 5 heteroatoms. The number of thiophene rings is 1. The number of aliphatic hydroxyl groups excluding tert-OH is 1. The Kier molecular flexibility index (Phi) is 2.37. The molecule has 0 fully saturated rings. The molecule has 0 aromatic carbocycles. The van der Waals surface area contributed by atoms with E-state index < -0.39 is 6.23 Å². The van der Waals surface area contributed by atoms with Crippen LogP contribution < -0.4 is 10.6 Å². The van der Waals surface area contributed by atoms with Gasteiger partial charge in [-0.15, -0.1) is 11.3 Å². The SMILES string of the molecule is CN=C1Nc2sc3c(c2C(O)N1)CCCC3. The maximum absolute atomic E-state index is 10.1. The highest BCUT2D eigenvalue weighted by atomic mass is 32.1. The number of fused-ring (bicyclic) bond motifs is 3. The highest BCUT2D eigenvalue weighted by Gasteiger charge is 2.29. The van der Waals surface area contributed by atoms with E-state index in [-0.39, 0.29) is 0 Å². The van der Waals surface area contributed by atoms with Crippen LogP contribution >= 0.6 is 11.3 Å². The van der Waals surface area contributed by atoms with Crippen molar-refractivity contribution in [2.75, 3.05) is 12.4 Å². The Hall–Kier alpha value is -1.07. The van der Waals surface area contributed by atoms with E-state index in [1.54, 1.807) is 18.4 Å². The lowest BCUT2D eigenvalue weighted by atomic mass is 9.94. The minimum atomic E-state index is -0.604. The Morgan fingerprint density at radius 2 is 2.19 bits per heavy atom. The van der Waals surface area contributed by atoms with Crippen molar-refractivity contribution in [1.29, 1.82) is 0 Å². The van der Waals surface area contributed by atoms with Crippen LogP contribution in [0.1, 0.15) is 35.1 Å². The molecule has 16 heavy (non-hydrogen) atoms. The van der Waals surface area contributed by atoms with E-state index in [0.29, 0.717) is 5.96 Å². The van der Waals surface area contributed by atoms with E-state index in [1.165, 1.54) is 23.3 Å². The molecule has 1 aliphatic heterocycles. The van der Waals surface area contributed by atoms with Gasteiger partial charge in [-0.2, -0.15) is 0 Å². The normalized spacial score (nSPS) is 25.6. The van der Waals surface area contributed by atoms with Gasteiger partial charge in [0.2, 0.25) is 0 Å². The lowest BCUT2D eigenvalue weighted by Gasteiger charge is -2.24. The first-order chi connectivity index (χ1) is 7.79. The second-order valence-corrected chi connectivity index (χ2v) is 5.30. The third-order valence-electron chi connectivity index (χ3n) is 3.21. The number of aliphatic hydroxyl groups is 1. The second-order valence-electron chi connectivity index (χ2n) is 4.20. The fourth-order valence-corrected chi connectivity index (χ4v) is 3.76. The Bertz CT molecular complexity index is 452. The molecule has 2 aliphatic rings. The summed E-state index contributed by atoms with van der Waals surface area (Å²) in [6.45, 7) is 0. The number of nitrogens with one attached hydrogen (secondary N) is 2. The van der Waals surface area contributed by atoms with Crippen molar-refractivity contribution in [2.45, 2.75) is 31.9 Å². The molecular formula is C11H15N3OS. The minimum absolute atomic E-state index is 0.604. The summed E-state index contributed by atoms with van der Waals surface area (Å²) in [5.41, 5.74) is 2.40. The highest BCUT2D eigenvalue weighted by molar-refractivity contribution is 7.16. The number of aryl methyl sites for hydroxylation is 1. The molecule has 1 aromatic heterocycles. The molecule has 4 nitrogen and oxygen atoms in total. The predicted molar refractivity (Wildman–Crippen MR) is 66.0 cm³/mol. The van der Waals surface area contributed by atoms with Crippen molar-refractivity contribution in [3.63, 3.8) is 0 Å². The first kappa shape index (κ1) is 10.1. The van der Waals surface area contributed by atoms with Crippen LogP contribution in [0, 0.1) is 0 Å². The molecule has 0 saturated carbocycles. The number of aliphatic imine (C=N–C) groups is 1. The lowest BCUT2D eigenvalue weighted by Crippen LogP contribution is -2.38. The van der Waals surface area contributed by atoms with Gasteiger partial charge < -0.3 is 15.7 Å². The smallest absolute Gasteiger partial charge is 0.198 e. The molecule has 0 spiro atoms. The predicted octanol–water partition coefficient (Wildman–Crippen LogP) is 1.62. The third kappa shape index (κ3) is 1.43. The van der Waals surface area contributed by atoms with E-state index in [0.717, 1.165) is 23.4 Å². The summed E-state index contributed by atoms with van der Waals surface area (Å²) in [4.78, 5) is 5.48. The van der Waals surface area contributed by atoms with E-state index in [1.807, 2.05) is 0 Å². The van der Waals surface area contributed by atoms with Crippen LogP contribution in [0.4, 0.5) is 5.00 Å². The average Bonchev–Trinajstić information content (AvgIpc) is 2.67. The summed E-state index contributed by atoms with van der Waals surface area (Å²) in [6.07, 6.45) is 4.15. The number of guanidine groups is 1. The molecule has 0 amide bonds. The van der Waals surface area contributed by atoms with Crippen LogP contribution in [0.2, 0.25) is 0 Å². The molecule has 1 aliphatic carbocycles. The van der Waals surface area contributed by atoms with Crippen molar-refractivity contribution in [2.24, 2.45) is 4.99 Å². The Morgan fingerprint density at radius 1 is 1.38 bits per heavy atom.